The van der Waals surface area contributed by atoms with Crippen LogP contribution < -0.4 is 5.32 Å². The van der Waals surface area contributed by atoms with Gasteiger partial charge in [0, 0.05) is 40.8 Å². The van der Waals surface area contributed by atoms with Gasteiger partial charge in [0.1, 0.15) is 0 Å². The zero-order valence-electron chi connectivity index (χ0n) is 13.1. The van der Waals surface area contributed by atoms with Crippen LogP contribution in [0.15, 0.2) is 67.0 Å². The van der Waals surface area contributed by atoms with Crippen molar-refractivity contribution in [1.29, 1.82) is 0 Å². The standard InChI is InChI=1S/C20H17N3O/c24-20(17-6-3-9-19-16(17)7-4-11-21-19)22-12-10-14-13-23-18-8-2-1-5-15(14)18/h1-9,11,13,23H,10,12H2,(H,22,24). The molecular weight excluding hydrogens is 298 g/mol. The topological polar surface area (TPSA) is 57.8 Å². The molecule has 0 unspecified atom stereocenters. The summed E-state index contributed by atoms with van der Waals surface area (Å²) < 4.78 is 0. The minimum atomic E-state index is -0.0616. The zero-order chi connectivity index (χ0) is 16.4. The minimum Gasteiger partial charge on any atom is -0.361 e. The van der Waals surface area contributed by atoms with Gasteiger partial charge >= 0.3 is 0 Å². The van der Waals surface area contributed by atoms with Crippen molar-refractivity contribution in [2.24, 2.45) is 0 Å². The van der Waals surface area contributed by atoms with Gasteiger partial charge in [-0.2, -0.15) is 0 Å². The summed E-state index contributed by atoms with van der Waals surface area (Å²) in [5.74, 6) is -0.0616. The van der Waals surface area contributed by atoms with Gasteiger partial charge in [0.05, 0.1) is 5.52 Å². The number of carbonyl (C=O) groups is 1. The molecule has 4 nitrogen and oxygen atoms in total. The largest absolute Gasteiger partial charge is 0.361 e. The molecule has 118 valence electrons. The molecule has 2 heterocycles. The Morgan fingerprint density at radius 3 is 2.83 bits per heavy atom. The first kappa shape index (κ1) is 14.5. The lowest BCUT2D eigenvalue weighted by Gasteiger charge is -2.07. The van der Waals surface area contributed by atoms with Crippen LogP contribution in [0.1, 0.15) is 15.9 Å². The maximum Gasteiger partial charge on any atom is 0.251 e. The zero-order valence-corrected chi connectivity index (χ0v) is 13.1. The number of nitrogens with zero attached hydrogens (tertiary/aromatic N) is 1. The summed E-state index contributed by atoms with van der Waals surface area (Å²) >= 11 is 0. The molecule has 4 aromatic rings. The van der Waals surface area contributed by atoms with Gasteiger partial charge in [-0.3, -0.25) is 9.78 Å². The Morgan fingerprint density at radius 1 is 1.00 bits per heavy atom. The molecule has 0 saturated heterocycles. The van der Waals surface area contributed by atoms with Crippen LogP contribution in [0.3, 0.4) is 0 Å². The van der Waals surface area contributed by atoms with Crippen molar-refractivity contribution >= 4 is 27.7 Å². The van der Waals surface area contributed by atoms with Crippen LogP contribution in [-0.4, -0.2) is 22.4 Å². The van der Waals surface area contributed by atoms with E-state index in [0.29, 0.717) is 12.1 Å². The van der Waals surface area contributed by atoms with Crippen LogP contribution in [-0.2, 0) is 6.42 Å². The smallest absolute Gasteiger partial charge is 0.251 e. The Balaban J connectivity index is 1.48. The fourth-order valence-electron chi connectivity index (χ4n) is 3.05. The molecule has 0 aliphatic heterocycles. The Bertz CT molecular complexity index is 1010. The second-order valence-electron chi connectivity index (χ2n) is 5.74. The number of hydrogen-bond donors (Lipinski definition) is 2. The number of para-hydroxylation sites is 1. The van der Waals surface area contributed by atoms with Gasteiger partial charge in [0.2, 0.25) is 0 Å². The first-order chi connectivity index (χ1) is 11.8. The third-order valence-electron chi connectivity index (χ3n) is 4.25. The van der Waals surface area contributed by atoms with E-state index in [0.717, 1.165) is 22.8 Å². The van der Waals surface area contributed by atoms with E-state index in [2.05, 4.69) is 27.4 Å². The molecule has 0 atom stereocenters. The Hall–Kier alpha value is -3.14. The fourth-order valence-corrected chi connectivity index (χ4v) is 3.05. The van der Waals surface area contributed by atoms with E-state index in [1.165, 1.54) is 10.9 Å². The van der Waals surface area contributed by atoms with Crippen LogP contribution in [0.4, 0.5) is 0 Å². The van der Waals surface area contributed by atoms with Crippen LogP contribution in [0.5, 0.6) is 0 Å². The Morgan fingerprint density at radius 2 is 1.88 bits per heavy atom. The average molecular weight is 315 g/mol. The van der Waals surface area contributed by atoms with Crippen molar-refractivity contribution in [3.05, 3.63) is 78.1 Å². The Labute approximate surface area is 139 Å². The molecule has 0 saturated carbocycles. The first-order valence-corrected chi connectivity index (χ1v) is 8.00. The normalized spacial score (nSPS) is 11.0. The highest BCUT2D eigenvalue weighted by Gasteiger charge is 2.10. The van der Waals surface area contributed by atoms with Crippen molar-refractivity contribution in [2.45, 2.75) is 6.42 Å². The van der Waals surface area contributed by atoms with E-state index in [4.69, 9.17) is 0 Å². The maximum atomic E-state index is 12.5. The highest BCUT2D eigenvalue weighted by atomic mass is 16.1. The quantitative estimate of drug-likeness (QED) is 0.603. The molecule has 0 aliphatic carbocycles. The number of rotatable bonds is 4. The molecular formula is C20H17N3O. The van der Waals surface area contributed by atoms with Crippen LogP contribution >= 0.6 is 0 Å². The average Bonchev–Trinajstić information content (AvgIpc) is 3.04. The summed E-state index contributed by atoms with van der Waals surface area (Å²) in [4.78, 5) is 20.1. The lowest BCUT2D eigenvalue weighted by molar-refractivity contribution is 0.0956. The predicted molar refractivity (Wildman–Crippen MR) is 96.1 cm³/mol. The lowest BCUT2D eigenvalue weighted by atomic mass is 10.1. The van der Waals surface area contributed by atoms with Crippen LogP contribution in [0.2, 0.25) is 0 Å². The highest BCUT2D eigenvalue weighted by molar-refractivity contribution is 6.06. The molecule has 2 N–H and O–H groups in total. The van der Waals surface area contributed by atoms with Gasteiger partial charge in [-0.15, -0.1) is 0 Å². The number of carbonyl (C=O) groups excluding carboxylic acids is 1. The SMILES string of the molecule is O=C(NCCc1c[nH]c2ccccc12)c1cccc2ncccc12. The molecule has 4 heteroatoms. The molecule has 2 aromatic carbocycles. The highest BCUT2D eigenvalue weighted by Crippen LogP contribution is 2.18. The van der Waals surface area contributed by atoms with Crippen molar-refractivity contribution < 1.29 is 4.79 Å². The number of nitrogens with one attached hydrogen (secondary N) is 2. The number of H-pyrrole nitrogens is 1. The lowest BCUT2D eigenvalue weighted by Crippen LogP contribution is -2.25. The molecule has 0 aliphatic rings. The van der Waals surface area contributed by atoms with Crippen molar-refractivity contribution in [3.8, 4) is 0 Å². The van der Waals surface area contributed by atoms with Gasteiger partial charge < -0.3 is 10.3 Å². The van der Waals surface area contributed by atoms with E-state index in [1.54, 1.807) is 6.20 Å². The summed E-state index contributed by atoms with van der Waals surface area (Å²) in [5, 5.41) is 5.10. The number of aromatic amines is 1. The number of pyridine rings is 1. The molecule has 0 bridgehead atoms. The van der Waals surface area contributed by atoms with E-state index >= 15 is 0 Å². The second-order valence-corrected chi connectivity index (χ2v) is 5.74. The van der Waals surface area contributed by atoms with Gasteiger partial charge in [0.15, 0.2) is 0 Å². The van der Waals surface area contributed by atoms with E-state index in [9.17, 15) is 4.79 Å². The summed E-state index contributed by atoms with van der Waals surface area (Å²) in [6.45, 7) is 0.595. The predicted octanol–water partition coefficient (Wildman–Crippen LogP) is 3.69. The third-order valence-corrected chi connectivity index (χ3v) is 4.25. The van der Waals surface area contributed by atoms with Crippen molar-refractivity contribution in [1.82, 2.24) is 15.3 Å². The molecule has 0 spiro atoms. The van der Waals surface area contributed by atoms with E-state index < -0.39 is 0 Å². The molecule has 4 rings (SSSR count). The molecule has 2 aromatic heterocycles. The number of benzene rings is 2. The first-order valence-electron chi connectivity index (χ1n) is 8.00. The summed E-state index contributed by atoms with van der Waals surface area (Å²) in [7, 11) is 0. The number of hydrogen-bond acceptors (Lipinski definition) is 2. The molecule has 0 fully saturated rings. The molecule has 1 amide bonds. The second kappa shape index (κ2) is 6.16. The summed E-state index contributed by atoms with van der Waals surface area (Å²) in [5.41, 5.74) is 3.84. The summed E-state index contributed by atoms with van der Waals surface area (Å²) in [6, 6.07) is 17.6. The van der Waals surface area contributed by atoms with Crippen molar-refractivity contribution in [3.63, 3.8) is 0 Å². The third kappa shape index (κ3) is 2.63. The Kier molecular flexibility index (Phi) is 3.71. The minimum absolute atomic E-state index is 0.0616. The molecule has 24 heavy (non-hydrogen) atoms. The molecule has 0 radical (unpaired) electrons. The van der Waals surface area contributed by atoms with Gasteiger partial charge in [-0.25, -0.2) is 0 Å². The van der Waals surface area contributed by atoms with Crippen LogP contribution in [0.25, 0.3) is 21.8 Å². The van der Waals surface area contributed by atoms with Gasteiger partial charge in [-0.05, 0) is 36.2 Å². The fraction of sp³-hybridized carbons (Fsp3) is 0.100. The van der Waals surface area contributed by atoms with Gasteiger partial charge in [-0.1, -0.05) is 30.3 Å². The number of fused-ring (bicyclic) bond motifs is 2. The monoisotopic (exact) mass is 315 g/mol. The number of aromatic nitrogens is 2. The number of amides is 1. The summed E-state index contributed by atoms with van der Waals surface area (Å²) in [6.07, 6.45) is 4.54. The van der Waals surface area contributed by atoms with Crippen LogP contribution in [0, 0.1) is 0 Å². The van der Waals surface area contributed by atoms with Crippen molar-refractivity contribution in [2.75, 3.05) is 6.54 Å². The van der Waals surface area contributed by atoms with E-state index in [1.807, 2.05) is 48.7 Å². The maximum absolute atomic E-state index is 12.5. The van der Waals surface area contributed by atoms with E-state index in [-0.39, 0.29) is 5.91 Å². The van der Waals surface area contributed by atoms with Gasteiger partial charge in [0.25, 0.3) is 5.91 Å².